The number of halogens is 1. The zero-order valence-electron chi connectivity index (χ0n) is 12.1. The Hall–Kier alpha value is -2.10. The summed E-state index contributed by atoms with van der Waals surface area (Å²) in [5.74, 6) is 0.917. The molecule has 1 aliphatic heterocycles. The van der Waals surface area contributed by atoms with E-state index in [-0.39, 0.29) is 11.6 Å². The fourth-order valence-electron chi connectivity index (χ4n) is 2.71. The van der Waals surface area contributed by atoms with Gasteiger partial charge in [0.05, 0.1) is 0 Å². The third-order valence-corrected chi connectivity index (χ3v) is 3.79. The van der Waals surface area contributed by atoms with Crippen molar-refractivity contribution in [2.45, 2.75) is 19.8 Å². The van der Waals surface area contributed by atoms with Gasteiger partial charge in [-0.3, -0.25) is 0 Å². The number of piperidine rings is 1. The summed E-state index contributed by atoms with van der Waals surface area (Å²) >= 11 is 0. The van der Waals surface area contributed by atoms with Gasteiger partial charge >= 0.3 is 0 Å². The lowest BCUT2D eigenvalue weighted by Crippen LogP contribution is -2.34. The maximum absolute atomic E-state index is 14.2. The van der Waals surface area contributed by atoms with E-state index < -0.39 is 0 Å². The topological polar surface area (TPSA) is 25.4 Å². The zero-order chi connectivity index (χ0) is 14.7. The molecule has 0 aliphatic carbocycles. The first-order valence-electron chi connectivity index (χ1n) is 7.36. The van der Waals surface area contributed by atoms with E-state index in [1.807, 2.05) is 12.1 Å². The highest BCUT2D eigenvalue weighted by Gasteiger charge is 2.18. The van der Waals surface area contributed by atoms with Gasteiger partial charge in [0, 0.05) is 37.1 Å². The fourth-order valence-corrected chi connectivity index (χ4v) is 2.71. The van der Waals surface area contributed by atoms with Gasteiger partial charge in [-0.05, 0) is 37.0 Å². The number of benzene rings is 1. The number of hydrogen-bond donors (Lipinski definition) is 0. The predicted octanol–water partition coefficient (Wildman–Crippen LogP) is 4.25. The summed E-state index contributed by atoms with van der Waals surface area (Å²) in [6, 6.07) is 10.5. The molecule has 1 saturated heterocycles. The summed E-state index contributed by atoms with van der Waals surface area (Å²) < 4.78 is 19.7. The van der Waals surface area contributed by atoms with E-state index in [0.29, 0.717) is 11.8 Å². The standard InChI is InChI=1S/C17H19FN2O/c1-13-5-4-10-20(12-13)14-7-8-16(15(18)11-14)21-17-6-2-3-9-19-17/h2-3,6-9,11,13H,4-5,10,12H2,1H3. The summed E-state index contributed by atoms with van der Waals surface area (Å²) in [5.41, 5.74) is 0.924. The summed E-state index contributed by atoms with van der Waals surface area (Å²) in [5, 5.41) is 0. The van der Waals surface area contributed by atoms with Gasteiger partial charge in [0.2, 0.25) is 5.88 Å². The minimum atomic E-state index is -0.351. The Morgan fingerprint density at radius 1 is 1.29 bits per heavy atom. The predicted molar refractivity (Wildman–Crippen MR) is 81.3 cm³/mol. The van der Waals surface area contributed by atoms with Crippen LogP contribution >= 0.6 is 0 Å². The van der Waals surface area contributed by atoms with Gasteiger partial charge in [-0.25, -0.2) is 9.37 Å². The molecule has 110 valence electrons. The van der Waals surface area contributed by atoms with Crippen LogP contribution in [-0.4, -0.2) is 18.1 Å². The van der Waals surface area contributed by atoms with E-state index in [1.165, 1.54) is 6.42 Å². The van der Waals surface area contributed by atoms with Gasteiger partial charge in [-0.15, -0.1) is 0 Å². The maximum Gasteiger partial charge on any atom is 0.219 e. The van der Waals surface area contributed by atoms with Crippen LogP contribution in [0.15, 0.2) is 42.6 Å². The summed E-state index contributed by atoms with van der Waals surface area (Å²) in [7, 11) is 0. The van der Waals surface area contributed by atoms with Crippen LogP contribution in [0, 0.1) is 11.7 Å². The number of pyridine rings is 1. The lowest BCUT2D eigenvalue weighted by atomic mass is 10.00. The highest BCUT2D eigenvalue weighted by Crippen LogP contribution is 2.29. The van der Waals surface area contributed by atoms with Crippen molar-refractivity contribution in [3.63, 3.8) is 0 Å². The normalized spacial score (nSPS) is 18.6. The second-order valence-electron chi connectivity index (χ2n) is 5.58. The second-order valence-corrected chi connectivity index (χ2v) is 5.58. The van der Waals surface area contributed by atoms with E-state index in [1.54, 1.807) is 30.5 Å². The first-order chi connectivity index (χ1) is 10.2. The zero-order valence-corrected chi connectivity index (χ0v) is 12.1. The minimum absolute atomic E-state index is 0.211. The number of ether oxygens (including phenoxy) is 1. The molecule has 0 radical (unpaired) electrons. The third-order valence-electron chi connectivity index (χ3n) is 3.79. The molecule has 0 N–H and O–H groups in total. The Balaban J connectivity index is 1.76. The number of nitrogens with zero attached hydrogens (tertiary/aromatic N) is 2. The summed E-state index contributed by atoms with van der Waals surface area (Å²) in [6.07, 6.45) is 4.03. The Kier molecular flexibility index (Phi) is 4.04. The van der Waals surface area contributed by atoms with E-state index in [9.17, 15) is 4.39 Å². The van der Waals surface area contributed by atoms with Gasteiger partial charge in [0.25, 0.3) is 0 Å². The van der Waals surface area contributed by atoms with Gasteiger partial charge in [0.1, 0.15) is 0 Å². The molecule has 1 aromatic carbocycles. The van der Waals surface area contributed by atoms with Crippen molar-refractivity contribution in [1.29, 1.82) is 0 Å². The smallest absolute Gasteiger partial charge is 0.219 e. The number of rotatable bonds is 3. The molecule has 0 saturated carbocycles. The van der Waals surface area contributed by atoms with Crippen molar-refractivity contribution in [3.8, 4) is 11.6 Å². The SMILES string of the molecule is CC1CCCN(c2ccc(Oc3ccccn3)c(F)c2)C1. The van der Waals surface area contributed by atoms with Crippen LogP contribution in [0.1, 0.15) is 19.8 Å². The van der Waals surface area contributed by atoms with Gasteiger partial charge < -0.3 is 9.64 Å². The average Bonchev–Trinajstić information content (AvgIpc) is 2.50. The van der Waals surface area contributed by atoms with Crippen LogP contribution in [0.2, 0.25) is 0 Å². The van der Waals surface area contributed by atoms with Crippen LogP contribution in [-0.2, 0) is 0 Å². The molecular weight excluding hydrogens is 267 g/mol. The molecular formula is C17H19FN2O. The Morgan fingerprint density at radius 3 is 2.90 bits per heavy atom. The van der Waals surface area contributed by atoms with E-state index in [4.69, 9.17) is 4.74 Å². The lowest BCUT2D eigenvalue weighted by molar-refractivity contribution is 0.425. The second kappa shape index (κ2) is 6.12. The van der Waals surface area contributed by atoms with Gasteiger partial charge in [-0.1, -0.05) is 13.0 Å². The van der Waals surface area contributed by atoms with Crippen molar-refractivity contribution in [2.75, 3.05) is 18.0 Å². The van der Waals surface area contributed by atoms with E-state index >= 15 is 0 Å². The van der Waals surface area contributed by atoms with E-state index in [0.717, 1.165) is 25.2 Å². The highest BCUT2D eigenvalue weighted by molar-refractivity contribution is 5.50. The molecule has 1 fully saturated rings. The molecule has 1 unspecified atom stereocenters. The largest absolute Gasteiger partial charge is 0.436 e. The quantitative estimate of drug-likeness (QED) is 0.843. The molecule has 1 aliphatic rings. The molecule has 1 aromatic heterocycles. The molecule has 2 aromatic rings. The first kappa shape index (κ1) is 13.9. The molecule has 0 spiro atoms. The molecule has 3 nitrogen and oxygen atoms in total. The molecule has 2 heterocycles. The number of anilines is 1. The van der Waals surface area contributed by atoms with Crippen molar-refractivity contribution < 1.29 is 9.13 Å². The monoisotopic (exact) mass is 286 g/mol. The molecule has 0 bridgehead atoms. The van der Waals surface area contributed by atoms with Gasteiger partial charge in [0.15, 0.2) is 11.6 Å². The Labute approximate surface area is 124 Å². The van der Waals surface area contributed by atoms with Crippen molar-refractivity contribution >= 4 is 5.69 Å². The van der Waals surface area contributed by atoms with Gasteiger partial charge in [-0.2, -0.15) is 0 Å². The molecule has 0 amide bonds. The average molecular weight is 286 g/mol. The third kappa shape index (κ3) is 3.32. The van der Waals surface area contributed by atoms with Crippen LogP contribution in [0.5, 0.6) is 11.6 Å². The molecule has 3 rings (SSSR count). The van der Waals surface area contributed by atoms with Crippen molar-refractivity contribution in [3.05, 3.63) is 48.4 Å². The van der Waals surface area contributed by atoms with Crippen LogP contribution in [0.25, 0.3) is 0 Å². The van der Waals surface area contributed by atoms with Crippen LogP contribution < -0.4 is 9.64 Å². The lowest BCUT2D eigenvalue weighted by Gasteiger charge is -2.32. The number of aromatic nitrogens is 1. The molecule has 21 heavy (non-hydrogen) atoms. The Bertz CT molecular complexity index is 603. The molecule has 1 atom stereocenters. The van der Waals surface area contributed by atoms with Crippen LogP contribution in [0.3, 0.4) is 0 Å². The van der Waals surface area contributed by atoms with E-state index in [2.05, 4.69) is 16.8 Å². The summed E-state index contributed by atoms with van der Waals surface area (Å²) in [6.45, 7) is 4.21. The van der Waals surface area contributed by atoms with Crippen molar-refractivity contribution in [2.24, 2.45) is 5.92 Å². The van der Waals surface area contributed by atoms with Crippen LogP contribution in [0.4, 0.5) is 10.1 Å². The molecule has 4 heteroatoms. The highest BCUT2D eigenvalue weighted by atomic mass is 19.1. The first-order valence-corrected chi connectivity index (χ1v) is 7.36. The maximum atomic E-state index is 14.2. The Morgan fingerprint density at radius 2 is 2.19 bits per heavy atom. The summed E-state index contributed by atoms with van der Waals surface area (Å²) in [4.78, 5) is 6.28. The van der Waals surface area contributed by atoms with Crippen molar-refractivity contribution in [1.82, 2.24) is 4.98 Å². The fraction of sp³-hybridized carbons (Fsp3) is 0.353. The number of hydrogen-bond acceptors (Lipinski definition) is 3. The minimum Gasteiger partial charge on any atom is -0.436 e.